The molecule has 1 aromatic carbocycles. The van der Waals surface area contributed by atoms with Crippen molar-refractivity contribution < 1.29 is 19.5 Å². The van der Waals surface area contributed by atoms with Gasteiger partial charge in [-0.25, -0.2) is 0 Å². The maximum absolute atomic E-state index is 12.2. The number of carbonyl (C=O) groups excluding carboxylic acids is 3. The van der Waals surface area contributed by atoms with E-state index in [0.29, 0.717) is 6.54 Å². The summed E-state index contributed by atoms with van der Waals surface area (Å²) < 4.78 is 0. The van der Waals surface area contributed by atoms with Gasteiger partial charge in [-0.1, -0.05) is 12.1 Å². The molecule has 1 saturated heterocycles. The first kappa shape index (κ1) is 18.8. The Labute approximate surface area is 147 Å². The Morgan fingerprint density at radius 3 is 2.44 bits per heavy atom. The number of hydrogen-bond donors (Lipinski definition) is 3. The molecule has 1 aromatic rings. The number of carbonyl (C=O) groups is 3. The zero-order valence-corrected chi connectivity index (χ0v) is 14.8. The second-order valence-electron chi connectivity index (χ2n) is 7.14. The van der Waals surface area contributed by atoms with Crippen molar-refractivity contribution in [1.82, 2.24) is 15.5 Å². The third kappa shape index (κ3) is 4.71. The molecule has 0 saturated carbocycles. The zero-order chi connectivity index (χ0) is 18.6. The van der Waals surface area contributed by atoms with Gasteiger partial charge in [-0.15, -0.1) is 0 Å². The van der Waals surface area contributed by atoms with Crippen LogP contribution in [-0.4, -0.2) is 52.9 Å². The van der Waals surface area contributed by atoms with Gasteiger partial charge in [-0.3, -0.25) is 14.4 Å². The van der Waals surface area contributed by atoms with Gasteiger partial charge in [0.2, 0.25) is 11.8 Å². The van der Waals surface area contributed by atoms with Crippen molar-refractivity contribution in [2.75, 3.05) is 19.6 Å². The van der Waals surface area contributed by atoms with E-state index >= 15 is 0 Å². The number of aromatic hydroxyl groups is 1. The van der Waals surface area contributed by atoms with Gasteiger partial charge in [-0.05, 0) is 32.9 Å². The van der Waals surface area contributed by atoms with Crippen molar-refractivity contribution >= 4 is 17.7 Å². The molecule has 1 atom stereocenters. The SMILES string of the molecule is CC(C)(C)N1CC(C(=O)NCCNC(=O)c2ccccc2O)CC1=O. The summed E-state index contributed by atoms with van der Waals surface area (Å²) in [4.78, 5) is 37.8. The number of rotatable bonds is 5. The minimum atomic E-state index is -0.401. The van der Waals surface area contributed by atoms with Gasteiger partial charge in [0.05, 0.1) is 11.5 Å². The molecule has 0 aliphatic carbocycles. The van der Waals surface area contributed by atoms with Crippen LogP contribution in [0.15, 0.2) is 24.3 Å². The zero-order valence-electron chi connectivity index (χ0n) is 14.8. The van der Waals surface area contributed by atoms with Crippen LogP contribution in [-0.2, 0) is 9.59 Å². The quantitative estimate of drug-likeness (QED) is 0.689. The first-order valence-corrected chi connectivity index (χ1v) is 8.34. The highest BCUT2D eigenvalue weighted by atomic mass is 16.3. The lowest BCUT2D eigenvalue weighted by Crippen LogP contribution is -2.43. The Morgan fingerprint density at radius 1 is 1.20 bits per heavy atom. The molecule has 0 aromatic heterocycles. The van der Waals surface area contributed by atoms with Crippen LogP contribution < -0.4 is 10.6 Å². The van der Waals surface area contributed by atoms with Gasteiger partial charge in [0.15, 0.2) is 0 Å². The number of amides is 3. The molecule has 136 valence electrons. The van der Waals surface area contributed by atoms with Crippen LogP contribution >= 0.6 is 0 Å². The number of nitrogens with one attached hydrogen (secondary N) is 2. The number of likely N-dealkylation sites (tertiary alicyclic amines) is 1. The van der Waals surface area contributed by atoms with Gasteiger partial charge in [0.1, 0.15) is 5.75 Å². The van der Waals surface area contributed by atoms with Crippen molar-refractivity contribution in [1.29, 1.82) is 0 Å². The Hall–Kier alpha value is -2.57. The molecule has 7 heteroatoms. The average Bonchev–Trinajstić information content (AvgIpc) is 2.94. The van der Waals surface area contributed by atoms with Crippen LogP contribution in [0.5, 0.6) is 5.75 Å². The lowest BCUT2D eigenvalue weighted by atomic mass is 10.1. The third-order valence-electron chi connectivity index (χ3n) is 4.16. The van der Waals surface area contributed by atoms with Crippen LogP contribution in [0.4, 0.5) is 0 Å². The Kier molecular flexibility index (Phi) is 5.66. The van der Waals surface area contributed by atoms with Crippen LogP contribution in [0.25, 0.3) is 0 Å². The average molecular weight is 347 g/mol. The number of phenols is 1. The number of phenolic OH excluding ortho intramolecular Hbond substituents is 1. The summed E-state index contributed by atoms with van der Waals surface area (Å²) in [6.45, 7) is 6.75. The molecule has 1 aliphatic rings. The lowest BCUT2D eigenvalue weighted by Gasteiger charge is -2.31. The second-order valence-corrected chi connectivity index (χ2v) is 7.14. The van der Waals surface area contributed by atoms with E-state index in [4.69, 9.17) is 0 Å². The van der Waals surface area contributed by atoms with Crippen molar-refractivity contribution in [3.8, 4) is 5.75 Å². The summed E-state index contributed by atoms with van der Waals surface area (Å²) in [5.74, 6) is -1.05. The van der Waals surface area contributed by atoms with E-state index in [9.17, 15) is 19.5 Å². The van der Waals surface area contributed by atoms with Crippen molar-refractivity contribution in [2.45, 2.75) is 32.7 Å². The standard InChI is InChI=1S/C18H25N3O4/c1-18(2,3)21-11-12(10-15(21)23)16(24)19-8-9-20-17(25)13-6-4-5-7-14(13)22/h4-7,12,22H,8-11H2,1-3H3,(H,19,24)(H,20,25). The lowest BCUT2D eigenvalue weighted by molar-refractivity contribution is -0.132. The number of para-hydroxylation sites is 1. The number of nitrogens with zero attached hydrogens (tertiary/aromatic N) is 1. The first-order valence-electron chi connectivity index (χ1n) is 8.34. The highest BCUT2D eigenvalue weighted by molar-refractivity contribution is 5.96. The molecule has 3 amide bonds. The fourth-order valence-electron chi connectivity index (χ4n) is 2.80. The minimum Gasteiger partial charge on any atom is -0.507 e. The molecule has 7 nitrogen and oxygen atoms in total. The van der Waals surface area contributed by atoms with Gasteiger partial charge in [0, 0.05) is 31.6 Å². The van der Waals surface area contributed by atoms with Gasteiger partial charge in [0.25, 0.3) is 5.91 Å². The van der Waals surface area contributed by atoms with Crippen LogP contribution in [0.1, 0.15) is 37.6 Å². The van der Waals surface area contributed by atoms with Gasteiger partial charge >= 0.3 is 0 Å². The molecule has 1 fully saturated rings. The van der Waals surface area contributed by atoms with Crippen molar-refractivity contribution in [3.63, 3.8) is 0 Å². The second kappa shape index (κ2) is 7.55. The minimum absolute atomic E-state index is 0.0134. The molecule has 1 aliphatic heterocycles. The molecule has 0 spiro atoms. The molecule has 0 bridgehead atoms. The molecule has 1 heterocycles. The van der Waals surface area contributed by atoms with E-state index in [-0.39, 0.29) is 54.1 Å². The first-order chi connectivity index (χ1) is 11.7. The fourth-order valence-corrected chi connectivity index (χ4v) is 2.80. The number of hydrogen-bond acceptors (Lipinski definition) is 4. The van der Waals surface area contributed by atoms with Crippen LogP contribution in [0.2, 0.25) is 0 Å². The maximum Gasteiger partial charge on any atom is 0.255 e. The van der Waals surface area contributed by atoms with E-state index in [1.54, 1.807) is 17.0 Å². The smallest absolute Gasteiger partial charge is 0.255 e. The molecular weight excluding hydrogens is 322 g/mol. The summed E-state index contributed by atoms with van der Waals surface area (Å²) in [6, 6.07) is 6.26. The van der Waals surface area contributed by atoms with Crippen LogP contribution in [0.3, 0.4) is 0 Å². The van der Waals surface area contributed by atoms with Crippen molar-refractivity contribution in [3.05, 3.63) is 29.8 Å². The molecule has 3 N–H and O–H groups in total. The topological polar surface area (TPSA) is 98.7 Å². The van der Waals surface area contributed by atoms with Crippen LogP contribution in [0, 0.1) is 5.92 Å². The Bertz CT molecular complexity index is 667. The van der Waals surface area contributed by atoms with E-state index in [0.717, 1.165) is 0 Å². The number of benzene rings is 1. The molecular formula is C18H25N3O4. The Balaban J connectivity index is 1.75. The predicted molar refractivity (Wildman–Crippen MR) is 93.0 cm³/mol. The van der Waals surface area contributed by atoms with Gasteiger partial charge in [-0.2, -0.15) is 0 Å². The fraction of sp³-hybridized carbons (Fsp3) is 0.500. The Morgan fingerprint density at radius 2 is 1.84 bits per heavy atom. The van der Waals surface area contributed by atoms with Gasteiger partial charge < -0.3 is 20.6 Å². The summed E-state index contributed by atoms with van der Waals surface area (Å²) >= 11 is 0. The molecule has 2 rings (SSSR count). The predicted octanol–water partition coefficient (Wildman–Crippen LogP) is 0.885. The van der Waals surface area contributed by atoms with E-state index in [1.807, 2.05) is 20.8 Å². The third-order valence-corrected chi connectivity index (χ3v) is 4.16. The molecule has 1 unspecified atom stereocenters. The molecule has 25 heavy (non-hydrogen) atoms. The normalized spacial score (nSPS) is 17.5. The maximum atomic E-state index is 12.2. The molecule has 0 radical (unpaired) electrons. The highest BCUT2D eigenvalue weighted by Crippen LogP contribution is 2.25. The summed E-state index contributed by atoms with van der Waals surface area (Å²) in [5, 5.41) is 15.0. The van der Waals surface area contributed by atoms with E-state index < -0.39 is 5.91 Å². The van der Waals surface area contributed by atoms with Crippen molar-refractivity contribution in [2.24, 2.45) is 5.92 Å². The summed E-state index contributed by atoms with van der Waals surface area (Å²) in [7, 11) is 0. The summed E-state index contributed by atoms with van der Waals surface area (Å²) in [5.41, 5.74) is -0.103. The van der Waals surface area contributed by atoms with E-state index in [2.05, 4.69) is 10.6 Å². The van der Waals surface area contributed by atoms with E-state index in [1.165, 1.54) is 12.1 Å². The largest absolute Gasteiger partial charge is 0.507 e. The highest BCUT2D eigenvalue weighted by Gasteiger charge is 2.39. The monoisotopic (exact) mass is 347 g/mol. The summed E-state index contributed by atoms with van der Waals surface area (Å²) in [6.07, 6.45) is 0.216.